The Kier molecular flexibility index (Phi) is 5.91. The lowest BCUT2D eigenvalue weighted by Gasteiger charge is -2.33. The minimum absolute atomic E-state index is 0.0312. The van der Waals surface area contributed by atoms with Gasteiger partial charge in [0.1, 0.15) is 0 Å². The zero-order chi connectivity index (χ0) is 19.3. The van der Waals surface area contributed by atoms with Crippen molar-refractivity contribution in [3.63, 3.8) is 0 Å². The molecule has 0 radical (unpaired) electrons. The van der Waals surface area contributed by atoms with Crippen molar-refractivity contribution in [2.24, 2.45) is 0 Å². The summed E-state index contributed by atoms with van der Waals surface area (Å²) < 4.78 is 5.96. The topological polar surface area (TPSA) is 49.9 Å². The number of hydrogen-bond acceptors (Lipinski definition) is 3. The molecule has 4 rings (SSSR count). The van der Waals surface area contributed by atoms with Gasteiger partial charge in [0.2, 0.25) is 11.8 Å². The number of likely N-dealkylation sites (tertiary alicyclic amines) is 1. The van der Waals surface area contributed by atoms with Gasteiger partial charge in [-0.3, -0.25) is 9.59 Å². The van der Waals surface area contributed by atoms with E-state index in [0.717, 1.165) is 25.8 Å². The van der Waals surface area contributed by atoms with E-state index in [1.807, 2.05) is 9.80 Å². The SMILES string of the molecule is O=C1CCCN1CCCC(=O)N1CCO[C@@H](Cc2cccc3ccccc23)C1. The fourth-order valence-electron chi connectivity index (χ4n) is 4.30. The molecule has 2 saturated heterocycles. The molecule has 0 aromatic heterocycles. The van der Waals surface area contributed by atoms with Crippen LogP contribution in [0.2, 0.25) is 0 Å². The van der Waals surface area contributed by atoms with Crippen LogP contribution in [0.25, 0.3) is 10.8 Å². The maximum atomic E-state index is 12.6. The first-order valence-electron chi connectivity index (χ1n) is 10.3. The van der Waals surface area contributed by atoms with Crippen molar-refractivity contribution in [1.82, 2.24) is 9.80 Å². The molecule has 2 amide bonds. The molecular weight excluding hydrogens is 352 g/mol. The number of carbonyl (C=O) groups is 2. The molecule has 0 saturated carbocycles. The van der Waals surface area contributed by atoms with E-state index in [9.17, 15) is 9.59 Å². The Labute approximate surface area is 166 Å². The van der Waals surface area contributed by atoms with E-state index in [2.05, 4.69) is 42.5 Å². The third kappa shape index (κ3) is 4.36. The summed E-state index contributed by atoms with van der Waals surface area (Å²) >= 11 is 0. The van der Waals surface area contributed by atoms with Crippen LogP contribution in [0.3, 0.4) is 0 Å². The van der Waals surface area contributed by atoms with Crippen molar-refractivity contribution in [2.45, 2.75) is 38.2 Å². The lowest BCUT2D eigenvalue weighted by Crippen LogP contribution is -2.46. The van der Waals surface area contributed by atoms with Gasteiger partial charge in [-0.25, -0.2) is 0 Å². The summed E-state index contributed by atoms with van der Waals surface area (Å²) in [5, 5.41) is 2.49. The molecule has 0 bridgehead atoms. The average molecular weight is 380 g/mol. The highest BCUT2D eigenvalue weighted by molar-refractivity contribution is 5.85. The van der Waals surface area contributed by atoms with Crippen LogP contribution in [0.4, 0.5) is 0 Å². The van der Waals surface area contributed by atoms with Gasteiger partial charge in [-0.05, 0) is 29.2 Å². The zero-order valence-corrected chi connectivity index (χ0v) is 16.3. The highest BCUT2D eigenvalue weighted by Crippen LogP contribution is 2.22. The van der Waals surface area contributed by atoms with E-state index in [1.54, 1.807) is 0 Å². The summed E-state index contributed by atoms with van der Waals surface area (Å²) in [5.74, 6) is 0.409. The molecular formula is C23H28N2O3. The molecule has 1 atom stereocenters. The molecule has 28 heavy (non-hydrogen) atoms. The quantitative estimate of drug-likeness (QED) is 0.774. The standard InChI is InChI=1S/C23H28N2O3/c26-22-10-4-12-24(22)13-5-11-23(27)25-14-15-28-20(17-25)16-19-8-3-7-18-6-1-2-9-21(18)19/h1-3,6-9,20H,4-5,10-17H2/t20-/m0/s1. The van der Waals surface area contributed by atoms with E-state index < -0.39 is 0 Å². The van der Waals surface area contributed by atoms with Crippen molar-refractivity contribution in [1.29, 1.82) is 0 Å². The van der Waals surface area contributed by atoms with Crippen LogP contribution in [0, 0.1) is 0 Å². The van der Waals surface area contributed by atoms with E-state index in [0.29, 0.717) is 39.1 Å². The van der Waals surface area contributed by atoms with E-state index in [1.165, 1.54) is 16.3 Å². The number of nitrogens with zero attached hydrogens (tertiary/aromatic N) is 2. The highest BCUT2D eigenvalue weighted by Gasteiger charge is 2.25. The Morgan fingerprint density at radius 2 is 1.96 bits per heavy atom. The second-order valence-corrected chi connectivity index (χ2v) is 7.76. The van der Waals surface area contributed by atoms with Crippen molar-refractivity contribution < 1.29 is 14.3 Å². The summed E-state index contributed by atoms with van der Waals surface area (Å²) in [5.41, 5.74) is 1.27. The highest BCUT2D eigenvalue weighted by atomic mass is 16.5. The lowest BCUT2D eigenvalue weighted by molar-refractivity contribution is -0.139. The summed E-state index contributed by atoms with van der Waals surface area (Å²) in [6.07, 6.45) is 3.71. The first-order chi connectivity index (χ1) is 13.7. The average Bonchev–Trinajstić information content (AvgIpc) is 3.13. The second-order valence-electron chi connectivity index (χ2n) is 7.76. The molecule has 2 aromatic carbocycles. The number of amides is 2. The number of benzene rings is 2. The Balaban J connectivity index is 1.31. The molecule has 0 spiro atoms. The molecule has 0 aliphatic carbocycles. The number of rotatable bonds is 6. The van der Waals surface area contributed by atoms with E-state index >= 15 is 0 Å². The number of hydrogen-bond donors (Lipinski definition) is 0. The normalized spacial score (nSPS) is 20.1. The number of fused-ring (bicyclic) bond motifs is 1. The summed E-state index contributed by atoms with van der Waals surface area (Å²) in [4.78, 5) is 28.1. The maximum Gasteiger partial charge on any atom is 0.222 e. The number of ether oxygens (including phenoxy) is 1. The van der Waals surface area contributed by atoms with Crippen LogP contribution in [0.5, 0.6) is 0 Å². The van der Waals surface area contributed by atoms with Gasteiger partial charge in [0.15, 0.2) is 0 Å². The lowest BCUT2D eigenvalue weighted by atomic mass is 9.99. The molecule has 148 valence electrons. The summed E-state index contributed by atoms with van der Waals surface area (Å²) in [6, 6.07) is 14.8. The van der Waals surface area contributed by atoms with Crippen LogP contribution in [-0.4, -0.2) is 60.5 Å². The van der Waals surface area contributed by atoms with Gasteiger partial charge in [0.25, 0.3) is 0 Å². The van der Waals surface area contributed by atoms with Crippen molar-refractivity contribution in [2.75, 3.05) is 32.8 Å². The van der Waals surface area contributed by atoms with Gasteiger partial charge >= 0.3 is 0 Å². The third-order valence-corrected chi connectivity index (χ3v) is 5.81. The molecule has 2 heterocycles. The monoisotopic (exact) mass is 380 g/mol. The first kappa shape index (κ1) is 18.9. The zero-order valence-electron chi connectivity index (χ0n) is 16.3. The smallest absolute Gasteiger partial charge is 0.222 e. The van der Waals surface area contributed by atoms with Crippen LogP contribution in [0.15, 0.2) is 42.5 Å². The van der Waals surface area contributed by atoms with Crippen molar-refractivity contribution in [3.8, 4) is 0 Å². The summed E-state index contributed by atoms with van der Waals surface area (Å²) in [7, 11) is 0. The van der Waals surface area contributed by atoms with Gasteiger partial charge in [-0.2, -0.15) is 0 Å². The van der Waals surface area contributed by atoms with Crippen LogP contribution < -0.4 is 0 Å². The first-order valence-corrected chi connectivity index (χ1v) is 10.3. The van der Waals surface area contributed by atoms with Gasteiger partial charge in [0, 0.05) is 45.4 Å². The molecule has 2 aliphatic rings. The largest absolute Gasteiger partial charge is 0.374 e. The molecule has 2 fully saturated rings. The predicted octanol–water partition coefficient (Wildman–Crippen LogP) is 3.01. The van der Waals surface area contributed by atoms with Crippen molar-refractivity contribution >= 4 is 22.6 Å². The fourth-order valence-corrected chi connectivity index (χ4v) is 4.30. The predicted molar refractivity (Wildman–Crippen MR) is 109 cm³/mol. The fraction of sp³-hybridized carbons (Fsp3) is 0.478. The number of morpholine rings is 1. The summed E-state index contributed by atoms with van der Waals surface area (Å²) in [6.45, 7) is 3.44. The minimum Gasteiger partial charge on any atom is -0.374 e. The second kappa shape index (κ2) is 8.74. The third-order valence-electron chi connectivity index (χ3n) is 5.81. The molecule has 0 N–H and O–H groups in total. The Hall–Kier alpha value is -2.40. The van der Waals surface area contributed by atoms with Gasteiger partial charge in [-0.15, -0.1) is 0 Å². The maximum absolute atomic E-state index is 12.6. The Morgan fingerprint density at radius 1 is 1.11 bits per heavy atom. The number of carbonyl (C=O) groups excluding carboxylic acids is 2. The van der Waals surface area contributed by atoms with Gasteiger partial charge < -0.3 is 14.5 Å². The van der Waals surface area contributed by atoms with Gasteiger partial charge in [0.05, 0.1) is 12.7 Å². The van der Waals surface area contributed by atoms with Crippen molar-refractivity contribution in [3.05, 3.63) is 48.0 Å². The molecule has 0 unspecified atom stereocenters. The van der Waals surface area contributed by atoms with E-state index in [-0.39, 0.29) is 17.9 Å². The molecule has 5 heteroatoms. The van der Waals surface area contributed by atoms with Crippen LogP contribution >= 0.6 is 0 Å². The van der Waals surface area contributed by atoms with E-state index in [4.69, 9.17) is 4.74 Å². The molecule has 2 aliphatic heterocycles. The van der Waals surface area contributed by atoms with Gasteiger partial charge in [-0.1, -0.05) is 42.5 Å². The molecule has 5 nitrogen and oxygen atoms in total. The Bertz CT molecular complexity index is 845. The van der Waals surface area contributed by atoms with Crippen LogP contribution in [0.1, 0.15) is 31.2 Å². The molecule has 2 aromatic rings. The Morgan fingerprint density at radius 3 is 2.82 bits per heavy atom. The van der Waals surface area contributed by atoms with Crippen LogP contribution in [-0.2, 0) is 20.7 Å². The minimum atomic E-state index is 0.0312.